The van der Waals surface area contributed by atoms with Crippen molar-refractivity contribution >= 4 is 11.4 Å². The van der Waals surface area contributed by atoms with Gasteiger partial charge in [0.15, 0.2) is 0 Å². The molecule has 6 nitrogen and oxygen atoms in total. The molecule has 1 aliphatic heterocycles. The lowest BCUT2D eigenvalue weighted by Gasteiger charge is -2.12. The molecule has 1 saturated heterocycles. The summed E-state index contributed by atoms with van der Waals surface area (Å²) in [6.45, 7) is 1.89. The van der Waals surface area contributed by atoms with Crippen molar-refractivity contribution in [2.24, 2.45) is 0 Å². The Kier molecular flexibility index (Phi) is 4.57. The summed E-state index contributed by atoms with van der Waals surface area (Å²) < 4.78 is 5.07. The quantitative estimate of drug-likeness (QED) is 0.609. The third-order valence-corrected chi connectivity index (χ3v) is 3.32. The number of rotatable bonds is 6. The average Bonchev–Trinajstić information content (AvgIpc) is 2.91. The van der Waals surface area contributed by atoms with Crippen molar-refractivity contribution in [2.75, 3.05) is 25.5 Å². The number of hydrogen-bond acceptors (Lipinski definition) is 5. The maximum Gasteiger partial charge on any atom is 0.275 e. The summed E-state index contributed by atoms with van der Waals surface area (Å²) in [6.07, 6.45) is 3.46. The van der Waals surface area contributed by atoms with E-state index in [1.54, 1.807) is 6.07 Å². The van der Waals surface area contributed by atoms with Gasteiger partial charge in [-0.05, 0) is 25.8 Å². The number of benzene rings is 1. The summed E-state index contributed by atoms with van der Waals surface area (Å²) in [5.41, 5.74) is 0.768. The molecular weight excluding hydrogens is 246 g/mol. The highest BCUT2D eigenvalue weighted by molar-refractivity contribution is 5.56. The molecule has 1 heterocycles. The van der Waals surface area contributed by atoms with Crippen molar-refractivity contribution in [3.8, 4) is 5.75 Å². The minimum atomic E-state index is -0.410. The minimum Gasteiger partial charge on any atom is -0.496 e. The van der Waals surface area contributed by atoms with Gasteiger partial charge in [-0.25, -0.2) is 0 Å². The normalized spacial score (nSPS) is 18.3. The highest BCUT2D eigenvalue weighted by atomic mass is 16.6. The van der Waals surface area contributed by atoms with E-state index in [0.717, 1.165) is 25.2 Å². The first-order valence-electron chi connectivity index (χ1n) is 6.50. The first-order chi connectivity index (χ1) is 9.19. The monoisotopic (exact) mass is 265 g/mol. The second-order valence-corrected chi connectivity index (χ2v) is 4.69. The van der Waals surface area contributed by atoms with Crippen LogP contribution in [-0.2, 0) is 0 Å². The summed E-state index contributed by atoms with van der Waals surface area (Å²) in [5, 5.41) is 17.5. The largest absolute Gasteiger partial charge is 0.496 e. The molecule has 0 aliphatic carbocycles. The molecule has 104 valence electrons. The fourth-order valence-electron chi connectivity index (χ4n) is 2.30. The molecular formula is C13H19N3O3. The van der Waals surface area contributed by atoms with Gasteiger partial charge >= 0.3 is 0 Å². The lowest BCUT2D eigenvalue weighted by molar-refractivity contribution is -0.384. The Hall–Kier alpha value is -1.82. The van der Waals surface area contributed by atoms with Crippen molar-refractivity contribution in [1.29, 1.82) is 0 Å². The molecule has 0 spiro atoms. The van der Waals surface area contributed by atoms with Crippen LogP contribution in [0.1, 0.15) is 19.3 Å². The van der Waals surface area contributed by atoms with E-state index in [4.69, 9.17) is 4.74 Å². The van der Waals surface area contributed by atoms with E-state index in [1.807, 2.05) is 0 Å². The molecule has 1 fully saturated rings. The Morgan fingerprint density at radius 2 is 2.37 bits per heavy atom. The van der Waals surface area contributed by atoms with E-state index in [1.165, 1.54) is 32.1 Å². The Labute approximate surface area is 112 Å². The number of methoxy groups -OCH3 is 1. The summed E-state index contributed by atoms with van der Waals surface area (Å²) in [5.74, 6) is 0.496. The molecule has 6 heteroatoms. The first kappa shape index (κ1) is 13.6. The van der Waals surface area contributed by atoms with Gasteiger partial charge in [0.05, 0.1) is 18.1 Å². The Morgan fingerprint density at radius 1 is 1.53 bits per heavy atom. The molecule has 0 bridgehead atoms. The Morgan fingerprint density at radius 3 is 3.00 bits per heavy atom. The van der Waals surface area contributed by atoms with Crippen LogP contribution in [0.25, 0.3) is 0 Å². The molecule has 1 aliphatic rings. The van der Waals surface area contributed by atoms with Crippen LogP contribution in [0, 0.1) is 10.1 Å². The van der Waals surface area contributed by atoms with E-state index in [0.29, 0.717) is 11.8 Å². The fourth-order valence-corrected chi connectivity index (χ4v) is 2.30. The van der Waals surface area contributed by atoms with Crippen molar-refractivity contribution in [1.82, 2.24) is 5.32 Å². The number of nitrogens with zero attached hydrogens (tertiary/aromatic N) is 1. The number of nitro groups is 1. The molecule has 0 saturated carbocycles. The standard InChI is InChI=1S/C13H19N3O3/c1-19-13-8-11(7-12(9-13)16(17)18)15-6-4-10-3-2-5-14-10/h7-10,14-15H,2-6H2,1H3/t10-/m1/s1. The van der Waals surface area contributed by atoms with Crippen LogP contribution in [0.5, 0.6) is 5.75 Å². The van der Waals surface area contributed by atoms with Crippen LogP contribution in [0.2, 0.25) is 0 Å². The van der Waals surface area contributed by atoms with Crippen LogP contribution in [0.4, 0.5) is 11.4 Å². The maximum absolute atomic E-state index is 10.8. The van der Waals surface area contributed by atoms with Gasteiger partial charge in [0.1, 0.15) is 5.75 Å². The highest BCUT2D eigenvalue weighted by Crippen LogP contribution is 2.25. The van der Waals surface area contributed by atoms with Crippen LogP contribution in [0.3, 0.4) is 0 Å². The Balaban J connectivity index is 1.94. The summed E-state index contributed by atoms with van der Waals surface area (Å²) in [7, 11) is 1.51. The molecule has 2 N–H and O–H groups in total. The number of anilines is 1. The number of nitro benzene ring substituents is 1. The van der Waals surface area contributed by atoms with Gasteiger partial charge in [-0.1, -0.05) is 0 Å². The molecule has 0 aromatic heterocycles. The zero-order valence-corrected chi connectivity index (χ0v) is 11.0. The lowest BCUT2D eigenvalue weighted by atomic mass is 10.1. The van der Waals surface area contributed by atoms with E-state index in [-0.39, 0.29) is 5.69 Å². The van der Waals surface area contributed by atoms with Gasteiger partial charge in [-0.15, -0.1) is 0 Å². The van der Waals surface area contributed by atoms with Crippen LogP contribution in [0.15, 0.2) is 18.2 Å². The van der Waals surface area contributed by atoms with Gasteiger partial charge in [0, 0.05) is 30.4 Å². The Bertz CT molecular complexity index is 445. The maximum atomic E-state index is 10.8. The molecule has 0 amide bonds. The third kappa shape index (κ3) is 3.82. The number of ether oxygens (including phenoxy) is 1. The fraction of sp³-hybridized carbons (Fsp3) is 0.538. The molecule has 1 aromatic carbocycles. The second kappa shape index (κ2) is 6.38. The first-order valence-corrected chi connectivity index (χ1v) is 6.50. The highest BCUT2D eigenvalue weighted by Gasteiger charge is 2.14. The smallest absolute Gasteiger partial charge is 0.275 e. The van der Waals surface area contributed by atoms with E-state index in [2.05, 4.69) is 10.6 Å². The van der Waals surface area contributed by atoms with Crippen LogP contribution < -0.4 is 15.4 Å². The van der Waals surface area contributed by atoms with Gasteiger partial charge < -0.3 is 15.4 Å². The van der Waals surface area contributed by atoms with Gasteiger partial charge in [-0.3, -0.25) is 10.1 Å². The third-order valence-electron chi connectivity index (χ3n) is 3.32. The van der Waals surface area contributed by atoms with Gasteiger partial charge in [0.25, 0.3) is 5.69 Å². The minimum absolute atomic E-state index is 0.0424. The number of non-ortho nitro benzene ring substituents is 1. The van der Waals surface area contributed by atoms with E-state index < -0.39 is 4.92 Å². The zero-order valence-electron chi connectivity index (χ0n) is 11.0. The van der Waals surface area contributed by atoms with Crippen molar-refractivity contribution in [3.05, 3.63) is 28.3 Å². The summed E-state index contributed by atoms with van der Waals surface area (Å²) in [4.78, 5) is 10.4. The molecule has 1 aromatic rings. The van der Waals surface area contributed by atoms with Crippen molar-refractivity contribution in [3.63, 3.8) is 0 Å². The van der Waals surface area contributed by atoms with Crippen molar-refractivity contribution in [2.45, 2.75) is 25.3 Å². The molecule has 19 heavy (non-hydrogen) atoms. The number of hydrogen-bond donors (Lipinski definition) is 2. The predicted molar refractivity (Wildman–Crippen MR) is 73.8 cm³/mol. The molecule has 2 rings (SSSR count). The summed E-state index contributed by atoms with van der Waals surface area (Å²) >= 11 is 0. The zero-order chi connectivity index (χ0) is 13.7. The van der Waals surface area contributed by atoms with Gasteiger partial charge in [0.2, 0.25) is 0 Å². The SMILES string of the molecule is COc1cc(NCC[C@H]2CCCN2)cc([N+](=O)[O-])c1. The lowest BCUT2D eigenvalue weighted by Crippen LogP contribution is -2.24. The molecule has 0 radical (unpaired) electrons. The predicted octanol–water partition coefficient (Wildman–Crippen LogP) is 2.16. The van der Waals surface area contributed by atoms with Crippen LogP contribution >= 0.6 is 0 Å². The van der Waals surface area contributed by atoms with E-state index >= 15 is 0 Å². The summed E-state index contributed by atoms with van der Waals surface area (Å²) in [6, 6.07) is 5.29. The van der Waals surface area contributed by atoms with E-state index in [9.17, 15) is 10.1 Å². The second-order valence-electron chi connectivity index (χ2n) is 4.69. The number of nitrogens with one attached hydrogen (secondary N) is 2. The average molecular weight is 265 g/mol. The molecule has 0 unspecified atom stereocenters. The van der Waals surface area contributed by atoms with Crippen molar-refractivity contribution < 1.29 is 9.66 Å². The topological polar surface area (TPSA) is 76.4 Å². The van der Waals surface area contributed by atoms with Crippen LogP contribution in [-0.4, -0.2) is 31.2 Å². The molecule has 1 atom stereocenters. The van der Waals surface area contributed by atoms with Gasteiger partial charge in [-0.2, -0.15) is 0 Å².